The fourth-order valence-electron chi connectivity index (χ4n) is 2.44. The van der Waals surface area contributed by atoms with Crippen molar-refractivity contribution in [2.75, 3.05) is 11.1 Å². The molecule has 2 aromatic carbocycles. The molecule has 1 N–H and O–H groups in total. The van der Waals surface area contributed by atoms with Gasteiger partial charge >= 0.3 is 0 Å². The van der Waals surface area contributed by atoms with Crippen molar-refractivity contribution in [1.29, 1.82) is 0 Å². The number of benzene rings is 2. The zero-order chi connectivity index (χ0) is 20.8. The smallest absolute Gasteiger partial charge is 0.234 e. The van der Waals surface area contributed by atoms with Crippen LogP contribution < -0.4 is 5.32 Å². The summed E-state index contributed by atoms with van der Waals surface area (Å²) in [4.78, 5) is 12.2. The van der Waals surface area contributed by atoms with Crippen LogP contribution in [0.2, 0.25) is 5.02 Å². The Labute approximate surface area is 192 Å². The van der Waals surface area contributed by atoms with Crippen LogP contribution in [0.1, 0.15) is 17.0 Å². The number of nitrogens with zero attached hydrogens (tertiary/aromatic N) is 3. The molecule has 0 atom stereocenters. The SMILES string of the molecule is Cc1ccc(CSCc2nnc(SCC(=O)Nc3ccc(Br)c(Cl)c3)n2C)cc1. The molecule has 152 valence electrons. The maximum absolute atomic E-state index is 12.2. The van der Waals surface area contributed by atoms with Crippen LogP contribution in [0.25, 0.3) is 0 Å². The van der Waals surface area contributed by atoms with Crippen molar-refractivity contribution in [3.63, 3.8) is 0 Å². The Bertz CT molecular complexity index is 995. The Morgan fingerprint density at radius 1 is 1.17 bits per heavy atom. The fraction of sp³-hybridized carbons (Fsp3) is 0.250. The Morgan fingerprint density at radius 2 is 1.93 bits per heavy atom. The largest absolute Gasteiger partial charge is 0.325 e. The predicted molar refractivity (Wildman–Crippen MR) is 126 cm³/mol. The molecule has 3 aromatic rings. The second kappa shape index (κ2) is 10.5. The minimum absolute atomic E-state index is 0.119. The van der Waals surface area contributed by atoms with Crippen LogP contribution >= 0.6 is 51.1 Å². The Hall–Kier alpha value is -1.48. The number of amides is 1. The zero-order valence-corrected chi connectivity index (χ0v) is 20.0. The molecule has 9 heteroatoms. The lowest BCUT2D eigenvalue weighted by atomic mass is 10.2. The first-order chi connectivity index (χ1) is 13.9. The normalized spacial score (nSPS) is 10.9. The molecule has 1 amide bonds. The lowest BCUT2D eigenvalue weighted by Crippen LogP contribution is -2.14. The number of rotatable bonds is 8. The van der Waals surface area contributed by atoms with E-state index in [9.17, 15) is 4.79 Å². The Morgan fingerprint density at radius 3 is 2.66 bits per heavy atom. The number of hydrogen-bond donors (Lipinski definition) is 1. The second-order valence-corrected chi connectivity index (χ2v) is 9.59. The number of halogens is 2. The van der Waals surface area contributed by atoms with Gasteiger partial charge in [0.15, 0.2) is 5.16 Å². The standard InChI is InChI=1S/C20H20BrClN4OS2/c1-13-3-5-14(6-4-13)10-28-11-18-24-25-20(26(18)2)29-12-19(27)23-15-7-8-16(21)17(22)9-15/h3-9H,10-12H2,1-2H3,(H,23,27). The third-order valence-electron chi connectivity index (χ3n) is 4.08. The summed E-state index contributed by atoms with van der Waals surface area (Å²) in [5.41, 5.74) is 3.22. The van der Waals surface area contributed by atoms with Gasteiger partial charge in [0.2, 0.25) is 5.91 Å². The lowest BCUT2D eigenvalue weighted by molar-refractivity contribution is -0.113. The molecule has 0 bridgehead atoms. The van der Waals surface area contributed by atoms with Crippen LogP contribution in [0.4, 0.5) is 5.69 Å². The molecule has 29 heavy (non-hydrogen) atoms. The quantitative estimate of drug-likeness (QED) is 0.393. The van der Waals surface area contributed by atoms with E-state index in [0.717, 1.165) is 27.0 Å². The topological polar surface area (TPSA) is 59.8 Å². The van der Waals surface area contributed by atoms with Crippen LogP contribution in [0, 0.1) is 6.92 Å². The van der Waals surface area contributed by atoms with Crippen molar-refractivity contribution in [2.45, 2.75) is 23.6 Å². The summed E-state index contributed by atoms with van der Waals surface area (Å²) in [6, 6.07) is 13.9. The predicted octanol–water partition coefficient (Wildman–Crippen LogP) is 5.70. The van der Waals surface area contributed by atoms with Crippen LogP contribution in [0.15, 0.2) is 52.1 Å². The van der Waals surface area contributed by atoms with Gasteiger partial charge in [0, 0.05) is 23.0 Å². The molecular formula is C20H20BrClN4OS2. The van der Waals surface area contributed by atoms with Gasteiger partial charge in [-0.25, -0.2) is 0 Å². The maximum Gasteiger partial charge on any atom is 0.234 e. The van der Waals surface area contributed by atoms with E-state index in [1.807, 2.05) is 11.6 Å². The first-order valence-corrected chi connectivity index (χ1v) is 12.1. The van der Waals surface area contributed by atoms with Crippen molar-refractivity contribution in [3.8, 4) is 0 Å². The molecule has 1 heterocycles. The number of carbonyl (C=O) groups excluding carboxylic acids is 1. The highest BCUT2D eigenvalue weighted by atomic mass is 79.9. The van der Waals surface area contributed by atoms with E-state index in [0.29, 0.717) is 10.7 Å². The number of carbonyl (C=O) groups is 1. The summed E-state index contributed by atoms with van der Waals surface area (Å²) in [7, 11) is 1.93. The first-order valence-electron chi connectivity index (χ1n) is 8.81. The zero-order valence-electron chi connectivity index (χ0n) is 16.0. The molecule has 0 aliphatic carbocycles. The molecule has 0 saturated carbocycles. The molecule has 1 aromatic heterocycles. The van der Waals surface area contributed by atoms with E-state index in [4.69, 9.17) is 11.6 Å². The van der Waals surface area contributed by atoms with Gasteiger partial charge in [-0.2, -0.15) is 0 Å². The number of hydrogen-bond acceptors (Lipinski definition) is 5. The molecule has 0 aliphatic rings. The van der Waals surface area contributed by atoms with Gasteiger partial charge in [-0.1, -0.05) is 53.2 Å². The molecular weight excluding hydrogens is 492 g/mol. The number of anilines is 1. The highest BCUT2D eigenvalue weighted by Crippen LogP contribution is 2.26. The van der Waals surface area contributed by atoms with E-state index in [1.165, 1.54) is 22.9 Å². The summed E-state index contributed by atoms with van der Waals surface area (Å²) in [5, 5.41) is 12.6. The van der Waals surface area contributed by atoms with Crippen molar-refractivity contribution >= 4 is 62.6 Å². The summed E-state index contributed by atoms with van der Waals surface area (Å²) >= 11 is 12.5. The highest BCUT2D eigenvalue weighted by Gasteiger charge is 2.12. The van der Waals surface area contributed by atoms with E-state index < -0.39 is 0 Å². The Kier molecular flexibility index (Phi) is 8.06. The molecule has 0 fully saturated rings. The van der Waals surface area contributed by atoms with E-state index in [1.54, 1.807) is 30.0 Å². The van der Waals surface area contributed by atoms with Gasteiger partial charge in [0.1, 0.15) is 5.82 Å². The molecule has 0 spiro atoms. The van der Waals surface area contributed by atoms with E-state index in [-0.39, 0.29) is 11.7 Å². The summed E-state index contributed by atoms with van der Waals surface area (Å²) < 4.78 is 2.73. The average Bonchev–Trinajstić information content (AvgIpc) is 3.04. The van der Waals surface area contributed by atoms with Crippen LogP contribution in [0.5, 0.6) is 0 Å². The van der Waals surface area contributed by atoms with E-state index >= 15 is 0 Å². The van der Waals surface area contributed by atoms with Crippen molar-refractivity contribution in [2.24, 2.45) is 7.05 Å². The summed E-state index contributed by atoms with van der Waals surface area (Å²) in [5.74, 6) is 2.71. The van der Waals surface area contributed by atoms with Crippen molar-refractivity contribution in [3.05, 3.63) is 68.9 Å². The van der Waals surface area contributed by atoms with Gasteiger partial charge in [-0.3, -0.25) is 4.79 Å². The molecule has 5 nitrogen and oxygen atoms in total. The maximum atomic E-state index is 12.2. The van der Waals surface area contributed by atoms with Crippen molar-refractivity contribution in [1.82, 2.24) is 14.8 Å². The van der Waals surface area contributed by atoms with Gasteiger partial charge < -0.3 is 9.88 Å². The van der Waals surface area contributed by atoms with Crippen molar-refractivity contribution < 1.29 is 4.79 Å². The molecule has 0 saturated heterocycles. The Balaban J connectivity index is 1.47. The third kappa shape index (κ3) is 6.50. The van der Waals surface area contributed by atoms with Gasteiger partial charge in [0.25, 0.3) is 0 Å². The highest BCUT2D eigenvalue weighted by molar-refractivity contribution is 9.10. The number of aryl methyl sites for hydroxylation is 1. The number of aromatic nitrogens is 3. The summed E-state index contributed by atoms with van der Waals surface area (Å²) in [6.45, 7) is 2.09. The van der Waals surface area contributed by atoms with Crippen LogP contribution in [-0.4, -0.2) is 26.4 Å². The number of nitrogens with one attached hydrogen (secondary N) is 1. The van der Waals surface area contributed by atoms with Gasteiger partial charge in [-0.15, -0.1) is 22.0 Å². The molecule has 0 unspecified atom stereocenters. The summed E-state index contributed by atoms with van der Waals surface area (Å²) in [6.07, 6.45) is 0. The minimum atomic E-state index is -0.119. The number of thioether (sulfide) groups is 2. The monoisotopic (exact) mass is 510 g/mol. The molecule has 0 radical (unpaired) electrons. The second-order valence-electron chi connectivity index (χ2n) is 6.40. The van der Waals surface area contributed by atoms with Crippen LogP contribution in [0.3, 0.4) is 0 Å². The molecule has 3 rings (SSSR count). The van der Waals surface area contributed by atoms with Gasteiger partial charge in [0.05, 0.1) is 16.5 Å². The van der Waals surface area contributed by atoms with E-state index in [2.05, 4.69) is 62.6 Å². The third-order valence-corrected chi connectivity index (χ3v) is 7.33. The lowest BCUT2D eigenvalue weighted by Gasteiger charge is -2.07. The minimum Gasteiger partial charge on any atom is -0.325 e. The average molecular weight is 512 g/mol. The van der Waals surface area contributed by atoms with Gasteiger partial charge in [-0.05, 0) is 46.6 Å². The first kappa shape index (κ1) is 22.2. The fourth-order valence-corrected chi connectivity index (χ4v) is 4.56. The van der Waals surface area contributed by atoms with Crippen LogP contribution in [-0.2, 0) is 23.3 Å². The molecule has 0 aliphatic heterocycles.